The molecule has 2 rings (SSSR count). The van der Waals surface area contributed by atoms with Crippen molar-refractivity contribution >= 4 is 0 Å². The van der Waals surface area contributed by atoms with E-state index >= 15 is 0 Å². The normalized spacial score (nSPS) is 11.2. The van der Waals surface area contributed by atoms with Gasteiger partial charge in [0.2, 0.25) is 0 Å². The third kappa shape index (κ3) is 3.03. The molecular weight excluding hydrogens is 248 g/mol. The molecule has 1 aromatic heterocycles. The van der Waals surface area contributed by atoms with E-state index in [4.69, 9.17) is 0 Å². The van der Waals surface area contributed by atoms with Crippen LogP contribution < -0.4 is 0 Å². The quantitative estimate of drug-likeness (QED) is 0.887. The molecule has 0 radical (unpaired) electrons. The largest absolute Gasteiger partial charge is 0.504 e. The lowest BCUT2D eigenvalue weighted by Crippen LogP contribution is -2.03. The zero-order chi connectivity index (χ0) is 14.7. The van der Waals surface area contributed by atoms with Crippen LogP contribution in [0.4, 0.5) is 0 Å². The molecule has 1 N–H and O–H groups in total. The fraction of sp³-hybridized carbons (Fsp3) is 0.471. The molecule has 0 bridgehead atoms. The molecule has 0 saturated heterocycles. The van der Waals surface area contributed by atoms with Gasteiger partial charge in [0.25, 0.3) is 0 Å². The Balaban J connectivity index is 2.52. The molecule has 0 aliphatic rings. The summed E-state index contributed by atoms with van der Waals surface area (Å²) in [5, 5.41) is 15.2. The van der Waals surface area contributed by atoms with Crippen LogP contribution in [0.15, 0.2) is 24.3 Å². The van der Waals surface area contributed by atoms with Crippen LogP contribution in [0.1, 0.15) is 38.4 Å². The average Bonchev–Trinajstić information content (AvgIpc) is 2.66. The van der Waals surface area contributed by atoms with Crippen LogP contribution in [0.25, 0.3) is 11.3 Å². The highest BCUT2D eigenvalue weighted by Crippen LogP contribution is 2.34. The first kappa shape index (κ1) is 14.6. The summed E-state index contributed by atoms with van der Waals surface area (Å²) in [5.74, 6) is 0.828. The molecule has 0 fully saturated rings. The van der Waals surface area contributed by atoms with Gasteiger partial charge in [-0.1, -0.05) is 44.5 Å². The number of hydrogen-bond acceptors (Lipinski definition) is 2. The minimum atomic E-state index is 0.345. The summed E-state index contributed by atoms with van der Waals surface area (Å²) >= 11 is 0. The van der Waals surface area contributed by atoms with Gasteiger partial charge in [0.05, 0.1) is 0 Å². The molecule has 0 saturated carbocycles. The van der Waals surface area contributed by atoms with E-state index in [0.29, 0.717) is 11.7 Å². The highest BCUT2D eigenvalue weighted by Gasteiger charge is 2.19. The third-order valence-electron chi connectivity index (χ3n) is 3.33. The minimum Gasteiger partial charge on any atom is -0.504 e. The van der Waals surface area contributed by atoms with Crippen molar-refractivity contribution in [3.05, 3.63) is 35.5 Å². The first-order valence-corrected chi connectivity index (χ1v) is 7.38. The molecule has 0 atom stereocenters. The van der Waals surface area contributed by atoms with E-state index in [-0.39, 0.29) is 0 Å². The first-order valence-electron chi connectivity index (χ1n) is 7.38. The van der Waals surface area contributed by atoms with Crippen LogP contribution >= 0.6 is 0 Å². The number of nitrogens with zero attached hydrogens (tertiary/aromatic N) is 2. The van der Waals surface area contributed by atoms with Gasteiger partial charge in [0, 0.05) is 12.1 Å². The Labute approximate surface area is 121 Å². The zero-order valence-corrected chi connectivity index (χ0v) is 12.8. The number of aromatic nitrogens is 2. The van der Waals surface area contributed by atoms with E-state index in [2.05, 4.69) is 44.9 Å². The van der Waals surface area contributed by atoms with Gasteiger partial charge in [0.15, 0.2) is 5.75 Å². The Morgan fingerprint density at radius 1 is 1.30 bits per heavy atom. The molecule has 108 valence electrons. The molecule has 3 heteroatoms. The zero-order valence-electron chi connectivity index (χ0n) is 12.8. The van der Waals surface area contributed by atoms with Crippen LogP contribution in [-0.4, -0.2) is 14.9 Å². The number of aromatic hydroxyl groups is 1. The van der Waals surface area contributed by atoms with E-state index in [9.17, 15) is 5.11 Å². The highest BCUT2D eigenvalue weighted by molar-refractivity contribution is 5.68. The molecule has 0 aliphatic carbocycles. The Hall–Kier alpha value is -1.77. The summed E-state index contributed by atoms with van der Waals surface area (Å²) in [5.41, 5.74) is 3.89. The first-order chi connectivity index (χ1) is 9.52. The van der Waals surface area contributed by atoms with Crippen LogP contribution in [0, 0.1) is 12.8 Å². The van der Waals surface area contributed by atoms with Crippen LogP contribution in [0.2, 0.25) is 0 Å². The van der Waals surface area contributed by atoms with E-state index in [0.717, 1.165) is 36.3 Å². The van der Waals surface area contributed by atoms with Gasteiger partial charge < -0.3 is 5.11 Å². The van der Waals surface area contributed by atoms with Crippen molar-refractivity contribution in [1.29, 1.82) is 0 Å². The van der Waals surface area contributed by atoms with E-state index in [1.54, 1.807) is 0 Å². The van der Waals surface area contributed by atoms with Gasteiger partial charge >= 0.3 is 0 Å². The van der Waals surface area contributed by atoms with E-state index < -0.39 is 0 Å². The summed E-state index contributed by atoms with van der Waals surface area (Å²) < 4.78 is 1.95. The number of rotatable bonds is 5. The van der Waals surface area contributed by atoms with Crippen molar-refractivity contribution in [1.82, 2.24) is 9.78 Å². The fourth-order valence-corrected chi connectivity index (χ4v) is 2.48. The second-order valence-electron chi connectivity index (χ2n) is 5.83. The van der Waals surface area contributed by atoms with Crippen molar-refractivity contribution in [3.63, 3.8) is 0 Å². The molecule has 2 aromatic rings. The van der Waals surface area contributed by atoms with Crippen molar-refractivity contribution < 1.29 is 5.11 Å². The highest BCUT2D eigenvalue weighted by atomic mass is 16.3. The van der Waals surface area contributed by atoms with Crippen molar-refractivity contribution in [2.75, 3.05) is 0 Å². The van der Waals surface area contributed by atoms with Gasteiger partial charge in [-0.2, -0.15) is 5.10 Å². The van der Waals surface area contributed by atoms with Crippen LogP contribution in [0.3, 0.4) is 0 Å². The second-order valence-corrected chi connectivity index (χ2v) is 5.83. The van der Waals surface area contributed by atoms with Gasteiger partial charge in [0.1, 0.15) is 11.4 Å². The molecule has 0 unspecified atom stereocenters. The lowest BCUT2D eigenvalue weighted by Gasteiger charge is -2.07. The van der Waals surface area contributed by atoms with Crippen molar-refractivity contribution in [2.45, 2.75) is 47.1 Å². The average molecular weight is 272 g/mol. The molecule has 1 heterocycles. The maximum absolute atomic E-state index is 10.5. The summed E-state index contributed by atoms with van der Waals surface area (Å²) in [6, 6.07) is 8.22. The number of aryl methyl sites for hydroxylation is 2. The van der Waals surface area contributed by atoms with Crippen LogP contribution in [-0.2, 0) is 13.0 Å². The van der Waals surface area contributed by atoms with Crippen molar-refractivity contribution in [2.24, 2.45) is 5.92 Å². The Morgan fingerprint density at radius 3 is 2.65 bits per heavy atom. The summed E-state index contributed by atoms with van der Waals surface area (Å²) in [7, 11) is 0. The van der Waals surface area contributed by atoms with Gasteiger partial charge in [-0.15, -0.1) is 0 Å². The maximum Gasteiger partial charge on any atom is 0.164 e. The smallest absolute Gasteiger partial charge is 0.164 e. The topological polar surface area (TPSA) is 38.0 Å². The van der Waals surface area contributed by atoms with Gasteiger partial charge in [-0.3, -0.25) is 4.68 Å². The SMILES string of the molecule is CCCn1nc(CC(C)C)c(O)c1-c1cccc(C)c1. The molecule has 0 spiro atoms. The Morgan fingerprint density at radius 2 is 2.05 bits per heavy atom. The molecule has 0 aliphatic heterocycles. The monoisotopic (exact) mass is 272 g/mol. The van der Waals surface area contributed by atoms with Crippen LogP contribution in [0.5, 0.6) is 5.75 Å². The summed E-state index contributed by atoms with van der Waals surface area (Å²) in [6.07, 6.45) is 1.81. The second kappa shape index (κ2) is 6.12. The Kier molecular flexibility index (Phi) is 4.48. The van der Waals surface area contributed by atoms with Gasteiger partial charge in [-0.25, -0.2) is 0 Å². The standard InChI is InChI=1S/C17H24N2O/c1-5-9-19-16(14-8-6-7-13(4)11-14)17(20)15(18-19)10-12(2)3/h6-8,11-12,20H,5,9-10H2,1-4H3. The molecule has 0 amide bonds. The lowest BCUT2D eigenvalue weighted by molar-refractivity contribution is 0.464. The molecular formula is C17H24N2O. The molecule has 1 aromatic carbocycles. The molecule has 20 heavy (non-hydrogen) atoms. The van der Waals surface area contributed by atoms with Gasteiger partial charge in [-0.05, 0) is 31.7 Å². The van der Waals surface area contributed by atoms with E-state index in [1.807, 2.05) is 16.8 Å². The minimum absolute atomic E-state index is 0.345. The predicted molar refractivity (Wildman–Crippen MR) is 82.9 cm³/mol. The third-order valence-corrected chi connectivity index (χ3v) is 3.33. The fourth-order valence-electron chi connectivity index (χ4n) is 2.48. The summed E-state index contributed by atoms with van der Waals surface area (Å²) in [6.45, 7) is 9.31. The maximum atomic E-state index is 10.5. The summed E-state index contributed by atoms with van der Waals surface area (Å²) in [4.78, 5) is 0. The number of hydrogen-bond donors (Lipinski definition) is 1. The Bertz CT molecular complexity index is 585. The molecule has 3 nitrogen and oxygen atoms in total. The van der Waals surface area contributed by atoms with Crippen molar-refractivity contribution in [3.8, 4) is 17.0 Å². The predicted octanol–water partition coefficient (Wildman–Crippen LogP) is 4.17. The lowest BCUT2D eigenvalue weighted by atomic mass is 10.0. The number of benzene rings is 1. The van der Waals surface area contributed by atoms with E-state index in [1.165, 1.54) is 5.56 Å².